The van der Waals surface area contributed by atoms with E-state index in [1.54, 1.807) is 31.2 Å². The van der Waals surface area contributed by atoms with Crippen LogP contribution in [0.3, 0.4) is 0 Å². The molecule has 3 heteroatoms. The molecule has 0 aliphatic rings. The molecule has 14 heavy (non-hydrogen) atoms. The molecule has 2 atom stereocenters. The van der Waals surface area contributed by atoms with Gasteiger partial charge in [-0.2, -0.15) is 0 Å². The summed E-state index contributed by atoms with van der Waals surface area (Å²) in [6.07, 6.45) is -0.388. The van der Waals surface area contributed by atoms with Crippen molar-refractivity contribution in [1.29, 1.82) is 0 Å². The Bertz CT molecular complexity index is 295. The maximum atomic E-state index is 10.9. The summed E-state index contributed by atoms with van der Waals surface area (Å²) < 4.78 is 0. The molecule has 0 spiro atoms. The molecule has 1 rings (SSSR count). The number of benzene rings is 1. The second kappa shape index (κ2) is 4.77. The molecule has 0 heterocycles. The third kappa shape index (κ3) is 2.33. The number of carboxylic acid groups (broad SMARTS) is 1. The quantitative estimate of drug-likeness (QED) is 0.765. The highest BCUT2D eigenvalue weighted by atomic mass is 16.4. The summed E-state index contributed by atoms with van der Waals surface area (Å²) >= 11 is 0. The molecule has 76 valence electrons. The van der Waals surface area contributed by atoms with Crippen molar-refractivity contribution in [2.75, 3.05) is 0 Å². The SMILES string of the molecule is CC[C@H](O)[C@@H](C(=O)O)c1ccccc1. The van der Waals surface area contributed by atoms with E-state index >= 15 is 0 Å². The largest absolute Gasteiger partial charge is 0.481 e. The molecule has 0 aliphatic heterocycles. The van der Waals surface area contributed by atoms with E-state index in [1.165, 1.54) is 0 Å². The number of carbonyl (C=O) groups is 1. The van der Waals surface area contributed by atoms with Gasteiger partial charge >= 0.3 is 5.97 Å². The fourth-order valence-corrected chi connectivity index (χ4v) is 1.43. The average Bonchev–Trinajstić information content (AvgIpc) is 2.19. The second-order valence-corrected chi connectivity index (χ2v) is 3.20. The Labute approximate surface area is 83.0 Å². The first-order valence-electron chi connectivity index (χ1n) is 4.62. The van der Waals surface area contributed by atoms with E-state index in [4.69, 9.17) is 5.11 Å². The van der Waals surface area contributed by atoms with E-state index in [2.05, 4.69) is 0 Å². The zero-order valence-electron chi connectivity index (χ0n) is 8.05. The fraction of sp³-hybridized carbons (Fsp3) is 0.364. The van der Waals surface area contributed by atoms with Crippen LogP contribution in [0.1, 0.15) is 24.8 Å². The van der Waals surface area contributed by atoms with Gasteiger partial charge in [0, 0.05) is 0 Å². The highest BCUT2D eigenvalue weighted by molar-refractivity contribution is 5.76. The summed E-state index contributed by atoms with van der Waals surface area (Å²) in [5.41, 5.74) is 0.648. The Morgan fingerprint density at radius 1 is 1.36 bits per heavy atom. The summed E-state index contributed by atoms with van der Waals surface area (Å²) in [5, 5.41) is 18.5. The molecule has 1 aromatic carbocycles. The van der Waals surface area contributed by atoms with Crippen molar-refractivity contribution in [3.05, 3.63) is 35.9 Å². The molecular formula is C11H14O3. The molecular weight excluding hydrogens is 180 g/mol. The van der Waals surface area contributed by atoms with E-state index in [9.17, 15) is 9.90 Å². The number of aliphatic hydroxyl groups is 1. The van der Waals surface area contributed by atoms with Gasteiger partial charge in [0.05, 0.1) is 6.10 Å². The lowest BCUT2D eigenvalue weighted by molar-refractivity contribution is -0.141. The second-order valence-electron chi connectivity index (χ2n) is 3.20. The van der Waals surface area contributed by atoms with Crippen LogP contribution in [0, 0.1) is 0 Å². The van der Waals surface area contributed by atoms with Crippen LogP contribution in [0.2, 0.25) is 0 Å². The maximum Gasteiger partial charge on any atom is 0.313 e. The molecule has 2 N–H and O–H groups in total. The first-order valence-corrected chi connectivity index (χ1v) is 4.62. The minimum atomic E-state index is -0.981. The monoisotopic (exact) mass is 194 g/mol. The Morgan fingerprint density at radius 2 is 1.93 bits per heavy atom. The summed E-state index contributed by atoms with van der Waals surface area (Å²) in [5.74, 6) is -1.80. The van der Waals surface area contributed by atoms with E-state index in [1.807, 2.05) is 6.07 Å². The molecule has 0 aromatic heterocycles. The van der Waals surface area contributed by atoms with Crippen molar-refractivity contribution < 1.29 is 15.0 Å². The van der Waals surface area contributed by atoms with Crippen LogP contribution < -0.4 is 0 Å². The Balaban J connectivity index is 2.95. The number of hydrogen-bond acceptors (Lipinski definition) is 2. The van der Waals surface area contributed by atoms with Gasteiger partial charge in [-0.25, -0.2) is 0 Å². The van der Waals surface area contributed by atoms with Gasteiger partial charge in [-0.1, -0.05) is 37.3 Å². The molecule has 0 aliphatic carbocycles. The minimum Gasteiger partial charge on any atom is -0.481 e. The van der Waals surface area contributed by atoms with Crippen molar-refractivity contribution in [3.63, 3.8) is 0 Å². The van der Waals surface area contributed by atoms with Crippen LogP contribution in [0.5, 0.6) is 0 Å². The van der Waals surface area contributed by atoms with Crippen LogP contribution in [0.25, 0.3) is 0 Å². The summed E-state index contributed by atoms with van der Waals surface area (Å²) in [6.45, 7) is 1.77. The van der Waals surface area contributed by atoms with Gasteiger partial charge in [0.15, 0.2) is 0 Å². The topological polar surface area (TPSA) is 57.5 Å². The van der Waals surface area contributed by atoms with Crippen molar-refractivity contribution >= 4 is 5.97 Å². The predicted octanol–water partition coefficient (Wildman–Crippen LogP) is 1.63. The Morgan fingerprint density at radius 3 is 2.36 bits per heavy atom. The van der Waals surface area contributed by atoms with E-state index in [0.29, 0.717) is 12.0 Å². The number of carboxylic acids is 1. The maximum absolute atomic E-state index is 10.9. The standard InChI is InChI=1S/C11H14O3/c1-2-9(12)10(11(13)14)8-6-4-3-5-7-8/h3-7,9-10,12H,2H2,1H3,(H,13,14)/t9-,10-/m0/s1. The molecule has 0 bridgehead atoms. The molecule has 0 saturated heterocycles. The first-order chi connectivity index (χ1) is 6.66. The van der Waals surface area contributed by atoms with Gasteiger partial charge < -0.3 is 10.2 Å². The molecule has 0 fully saturated rings. The zero-order chi connectivity index (χ0) is 10.6. The van der Waals surface area contributed by atoms with E-state index in [-0.39, 0.29) is 0 Å². The summed E-state index contributed by atoms with van der Waals surface area (Å²) in [6, 6.07) is 8.80. The van der Waals surface area contributed by atoms with Crippen LogP contribution in [0.4, 0.5) is 0 Å². The van der Waals surface area contributed by atoms with Crippen molar-refractivity contribution in [2.24, 2.45) is 0 Å². The number of hydrogen-bond donors (Lipinski definition) is 2. The zero-order valence-corrected chi connectivity index (χ0v) is 8.05. The third-order valence-electron chi connectivity index (χ3n) is 2.23. The van der Waals surface area contributed by atoms with Crippen LogP contribution >= 0.6 is 0 Å². The highest BCUT2D eigenvalue weighted by Crippen LogP contribution is 2.21. The number of rotatable bonds is 4. The van der Waals surface area contributed by atoms with Crippen LogP contribution in [-0.4, -0.2) is 22.3 Å². The van der Waals surface area contributed by atoms with Gasteiger partial charge in [-0.3, -0.25) is 4.79 Å². The van der Waals surface area contributed by atoms with Crippen molar-refractivity contribution in [1.82, 2.24) is 0 Å². The summed E-state index contributed by atoms with van der Waals surface area (Å²) in [7, 11) is 0. The Kier molecular flexibility index (Phi) is 3.65. The molecule has 0 radical (unpaired) electrons. The van der Waals surface area contributed by atoms with E-state index in [0.717, 1.165) is 0 Å². The highest BCUT2D eigenvalue weighted by Gasteiger charge is 2.26. The Hall–Kier alpha value is -1.35. The minimum absolute atomic E-state index is 0.436. The molecule has 3 nitrogen and oxygen atoms in total. The normalized spacial score (nSPS) is 14.7. The molecule has 0 saturated carbocycles. The lowest BCUT2D eigenvalue weighted by Crippen LogP contribution is -2.25. The number of aliphatic carboxylic acids is 1. The van der Waals surface area contributed by atoms with Gasteiger partial charge in [0.25, 0.3) is 0 Å². The fourth-order valence-electron chi connectivity index (χ4n) is 1.43. The van der Waals surface area contributed by atoms with Crippen molar-refractivity contribution in [2.45, 2.75) is 25.4 Å². The van der Waals surface area contributed by atoms with Gasteiger partial charge in [0.1, 0.15) is 5.92 Å². The first kappa shape index (κ1) is 10.7. The molecule has 0 amide bonds. The lowest BCUT2D eigenvalue weighted by Gasteiger charge is -2.17. The molecule has 0 unspecified atom stereocenters. The average molecular weight is 194 g/mol. The van der Waals surface area contributed by atoms with Gasteiger partial charge in [-0.15, -0.1) is 0 Å². The predicted molar refractivity (Wildman–Crippen MR) is 53.1 cm³/mol. The van der Waals surface area contributed by atoms with E-state index < -0.39 is 18.0 Å². The lowest BCUT2D eigenvalue weighted by atomic mass is 9.92. The van der Waals surface area contributed by atoms with Gasteiger partial charge in [-0.05, 0) is 12.0 Å². The number of aliphatic hydroxyl groups excluding tert-OH is 1. The summed E-state index contributed by atoms with van der Waals surface area (Å²) in [4.78, 5) is 10.9. The van der Waals surface area contributed by atoms with Gasteiger partial charge in [0.2, 0.25) is 0 Å². The van der Waals surface area contributed by atoms with Crippen LogP contribution in [0.15, 0.2) is 30.3 Å². The van der Waals surface area contributed by atoms with Crippen molar-refractivity contribution in [3.8, 4) is 0 Å². The third-order valence-corrected chi connectivity index (χ3v) is 2.23. The van der Waals surface area contributed by atoms with Crippen LogP contribution in [-0.2, 0) is 4.79 Å². The smallest absolute Gasteiger partial charge is 0.313 e. The molecule has 1 aromatic rings.